The van der Waals surface area contributed by atoms with Gasteiger partial charge in [-0.3, -0.25) is 9.48 Å². The Morgan fingerprint density at radius 3 is 2.85 bits per heavy atom. The first-order chi connectivity index (χ1) is 9.47. The van der Waals surface area contributed by atoms with Crippen LogP contribution in [0.3, 0.4) is 0 Å². The number of nitrogens with one attached hydrogen (secondary N) is 1. The van der Waals surface area contributed by atoms with E-state index in [2.05, 4.69) is 24.3 Å². The quantitative estimate of drug-likeness (QED) is 0.890. The maximum absolute atomic E-state index is 11.2. The minimum Gasteiger partial charge on any atom is -0.380 e. The fourth-order valence-electron chi connectivity index (χ4n) is 1.76. The van der Waals surface area contributed by atoms with E-state index in [-0.39, 0.29) is 0 Å². The Morgan fingerprint density at radius 2 is 2.25 bits per heavy atom. The van der Waals surface area contributed by atoms with Crippen LogP contribution in [0, 0.1) is 0 Å². The van der Waals surface area contributed by atoms with Gasteiger partial charge in [0.05, 0.1) is 16.9 Å². The van der Waals surface area contributed by atoms with Gasteiger partial charge < -0.3 is 11.1 Å². The van der Waals surface area contributed by atoms with Crippen LogP contribution in [-0.4, -0.2) is 15.7 Å². The van der Waals surface area contributed by atoms with Gasteiger partial charge in [0, 0.05) is 29.9 Å². The number of benzene rings is 1. The van der Waals surface area contributed by atoms with Crippen molar-refractivity contribution in [2.45, 2.75) is 26.4 Å². The molecule has 1 amide bonds. The number of primary amides is 1. The molecular weight excluding hydrogens is 276 g/mol. The monoisotopic (exact) mass is 292 g/mol. The lowest BCUT2D eigenvalue weighted by atomic mass is 10.2. The summed E-state index contributed by atoms with van der Waals surface area (Å²) >= 11 is 6.09. The minimum absolute atomic E-state index is 0.325. The molecule has 0 saturated heterocycles. The first-order valence-corrected chi connectivity index (χ1v) is 6.71. The molecule has 0 aliphatic rings. The largest absolute Gasteiger partial charge is 0.380 e. The molecule has 2 aromatic rings. The number of nitrogens with zero attached hydrogens (tertiary/aromatic N) is 2. The van der Waals surface area contributed by atoms with Crippen LogP contribution in [-0.2, 0) is 6.54 Å². The molecule has 2 rings (SSSR count). The van der Waals surface area contributed by atoms with Gasteiger partial charge in [-0.1, -0.05) is 11.6 Å². The Labute approximate surface area is 122 Å². The smallest absolute Gasteiger partial charge is 0.248 e. The molecule has 0 radical (unpaired) electrons. The third-order valence-corrected chi connectivity index (χ3v) is 3.25. The summed E-state index contributed by atoms with van der Waals surface area (Å²) in [6.45, 7) is 4.71. The van der Waals surface area contributed by atoms with Crippen molar-refractivity contribution >= 4 is 23.2 Å². The van der Waals surface area contributed by atoms with Crippen LogP contribution in [0.5, 0.6) is 0 Å². The number of carbonyl (C=O) groups is 1. The van der Waals surface area contributed by atoms with Gasteiger partial charge >= 0.3 is 0 Å². The van der Waals surface area contributed by atoms with Crippen LogP contribution < -0.4 is 11.1 Å². The van der Waals surface area contributed by atoms with Gasteiger partial charge in [0.1, 0.15) is 0 Å². The molecule has 0 aliphatic heterocycles. The first kappa shape index (κ1) is 14.4. The van der Waals surface area contributed by atoms with E-state index in [9.17, 15) is 4.79 Å². The molecule has 0 saturated carbocycles. The highest BCUT2D eigenvalue weighted by Gasteiger charge is 2.07. The fraction of sp³-hybridized carbons (Fsp3) is 0.286. The van der Waals surface area contributed by atoms with E-state index in [0.29, 0.717) is 28.9 Å². The van der Waals surface area contributed by atoms with E-state index < -0.39 is 5.91 Å². The van der Waals surface area contributed by atoms with Crippen LogP contribution >= 0.6 is 11.6 Å². The zero-order chi connectivity index (χ0) is 14.7. The number of aromatic nitrogens is 2. The van der Waals surface area contributed by atoms with Crippen molar-refractivity contribution in [3.63, 3.8) is 0 Å². The van der Waals surface area contributed by atoms with Gasteiger partial charge in [0.25, 0.3) is 0 Å². The second-order valence-corrected chi connectivity index (χ2v) is 5.24. The lowest BCUT2D eigenvalue weighted by Gasteiger charge is -2.08. The van der Waals surface area contributed by atoms with Crippen molar-refractivity contribution in [2.75, 3.05) is 5.32 Å². The van der Waals surface area contributed by atoms with Crippen molar-refractivity contribution in [1.82, 2.24) is 9.78 Å². The molecule has 3 N–H and O–H groups in total. The average molecular weight is 293 g/mol. The van der Waals surface area contributed by atoms with Crippen LogP contribution in [0.4, 0.5) is 5.69 Å². The Kier molecular flexibility index (Phi) is 4.29. The van der Waals surface area contributed by atoms with Gasteiger partial charge in [-0.2, -0.15) is 5.10 Å². The predicted octanol–water partition coefficient (Wildman–Crippen LogP) is 2.83. The molecule has 106 valence electrons. The Bertz CT molecular complexity index is 621. The maximum atomic E-state index is 11.2. The van der Waals surface area contributed by atoms with Gasteiger partial charge in [-0.25, -0.2) is 0 Å². The van der Waals surface area contributed by atoms with Crippen LogP contribution in [0.15, 0.2) is 30.6 Å². The lowest BCUT2D eigenvalue weighted by Crippen LogP contribution is -2.11. The fourth-order valence-corrected chi connectivity index (χ4v) is 1.95. The molecule has 0 fully saturated rings. The summed E-state index contributed by atoms with van der Waals surface area (Å²) < 4.78 is 1.89. The summed E-state index contributed by atoms with van der Waals surface area (Å²) in [4.78, 5) is 11.2. The number of hydrogen-bond acceptors (Lipinski definition) is 3. The molecule has 0 bridgehead atoms. The second kappa shape index (κ2) is 5.96. The summed E-state index contributed by atoms with van der Waals surface area (Å²) in [6.07, 6.45) is 3.78. The predicted molar refractivity (Wildman–Crippen MR) is 79.9 cm³/mol. The standard InChI is InChI=1S/C14H17ClN4O/c1-9(2)19-8-10(7-18-19)6-17-13-5-11(14(16)20)3-4-12(13)15/h3-5,7-9,17H,6H2,1-2H3,(H2,16,20). The molecule has 0 aliphatic carbocycles. The molecule has 1 aromatic carbocycles. The molecular formula is C14H17ClN4O. The third-order valence-electron chi connectivity index (χ3n) is 2.92. The zero-order valence-corrected chi connectivity index (χ0v) is 12.2. The Hall–Kier alpha value is -2.01. The average Bonchev–Trinajstić information content (AvgIpc) is 2.86. The van der Waals surface area contributed by atoms with E-state index in [1.807, 2.05) is 10.9 Å². The highest BCUT2D eigenvalue weighted by atomic mass is 35.5. The van der Waals surface area contributed by atoms with Gasteiger partial charge in [-0.15, -0.1) is 0 Å². The zero-order valence-electron chi connectivity index (χ0n) is 11.4. The third kappa shape index (κ3) is 3.30. The number of amides is 1. The molecule has 0 atom stereocenters. The van der Waals surface area contributed by atoms with E-state index in [4.69, 9.17) is 17.3 Å². The summed E-state index contributed by atoms with van der Waals surface area (Å²) in [5.74, 6) is -0.475. The molecule has 0 spiro atoms. The van der Waals surface area contributed by atoms with E-state index in [0.717, 1.165) is 5.56 Å². The van der Waals surface area contributed by atoms with E-state index in [1.54, 1.807) is 24.4 Å². The van der Waals surface area contributed by atoms with Gasteiger partial charge in [0.2, 0.25) is 5.91 Å². The highest BCUT2D eigenvalue weighted by molar-refractivity contribution is 6.33. The number of rotatable bonds is 5. The maximum Gasteiger partial charge on any atom is 0.248 e. The summed E-state index contributed by atoms with van der Waals surface area (Å²) in [7, 11) is 0. The lowest BCUT2D eigenvalue weighted by molar-refractivity contribution is 0.100. The first-order valence-electron chi connectivity index (χ1n) is 6.33. The van der Waals surface area contributed by atoms with Crippen LogP contribution in [0.2, 0.25) is 5.02 Å². The highest BCUT2D eigenvalue weighted by Crippen LogP contribution is 2.23. The number of nitrogens with two attached hydrogens (primary N) is 1. The summed E-state index contributed by atoms with van der Waals surface area (Å²) in [5, 5.41) is 8.00. The molecule has 6 heteroatoms. The summed E-state index contributed by atoms with van der Waals surface area (Å²) in [6, 6.07) is 5.23. The molecule has 0 unspecified atom stereocenters. The van der Waals surface area contributed by atoms with Crippen molar-refractivity contribution in [3.05, 3.63) is 46.7 Å². The van der Waals surface area contributed by atoms with Gasteiger partial charge in [0.15, 0.2) is 0 Å². The topological polar surface area (TPSA) is 72.9 Å². The number of hydrogen-bond donors (Lipinski definition) is 2. The van der Waals surface area contributed by atoms with Crippen LogP contribution in [0.25, 0.3) is 0 Å². The Balaban J connectivity index is 2.09. The molecule has 1 heterocycles. The van der Waals surface area contributed by atoms with Gasteiger partial charge in [-0.05, 0) is 32.0 Å². The van der Waals surface area contributed by atoms with Crippen LogP contribution in [0.1, 0.15) is 35.8 Å². The van der Waals surface area contributed by atoms with E-state index in [1.165, 1.54) is 0 Å². The van der Waals surface area contributed by atoms with Crippen molar-refractivity contribution < 1.29 is 4.79 Å². The summed E-state index contributed by atoms with van der Waals surface area (Å²) in [5.41, 5.74) is 7.40. The number of anilines is 1. The minimum atomic E-state index is -0.475. The molecule has 5 nitrogen and oxygen atoms in total. The van der Waals surface area contributed by atoms with Crippen molar-refractivity contribution in [3.8, 4) is 0 Å². The van der Waals surface area contributed by atoms with Crippen molar-refractivity contribution in [2.24, 2.45) is 5.73 Å². The van der Waals surface area contributed by atoms with E-state index >= 15 is 0 Å². The molecule has 20 heavy (non-hydrogen) atoms. The Morgan fingerprint density at radius 1 is 1.50 bits per heavy atom. The number of halogens is 1. The second-order valence-electron chi connectivity index (χ2n) is 4.83. The molecule has 1 aromatic heterocycles. The van der Waals surface area contributed by atoms with Crippen molar-refractivity contribution in [1.29, 1.82) is 0 Å². The SMILES string of the molecule is CC(C)n1cc(CNc2cc(C(N)=O)ccc2Cl)cn1. The normalized spacial score (nSPS) is 10.8. The number of carbonyl (C=O) groups excluding carboxylic acids is 1.